The summed E-state index contributed by atoms with van der Waals surface area (Å²) >= 11 is 0. The smallest absolute Gasteiger partial charge is 0.0965 e. The van der Waals surface area contributed by atoms with Gasteiger partial charge in [-0.05, 0) is 83.9 Å². The summed E-state index contributed by atoms with van der Waals surface area (Å²) in [6.07, 6.45) is 3.54. The predicted molar refractivity (Wildman–Crippen MR) is 202 cm³/mol. The molecule has 2 nitrogen and oxygen atoms in total. The van der Waals surface area contributed by atoms with Gasteiger partial charge >= 0.3 is 0 Å². The van der Waals surface area contributed by atoms with Gasteiger partial charge in [-0.3, -0.25) is 9.97 Å². The van der Waals surface area contributed by atoms with Gasteiger partial charge in [0.25, 0.3) is 0 Å². The molecule has 0 fully saturated rings. The summed E-state index contributed by atoms with van der Waals surface area (Å²) in [5.41, 5.74) is 10.9. The molecule has 9 aromatic rings. The number of hydrogen-bond acceptors (Lipinski definition) is 2. The van der Waals surface area contributed by atoms with E-state index in [-0.39, 0.29) is 0 Å². The van der Waals surface area contributed by atoms with Gasteiger partial charge in [-0.25, -0.2) is 0 Å². The van der Waals surface area contributed by atoms with Crippen molar-refractivity contribution in [3.63, 3.8) is 0 Å². The van der Waals surface area contributed by atoms with Crippen LogP contribution in [0.25, 0.3) is 88.2 Å². The molecule has 0 aliphatic carbocycles. The van der Waals surface area contributed by atoms with Crippen LogP contribution in [0.15, 0.2) is 182 Å². The van der Waals surface area contributed by atoms with Crippen molar-refractivity contribution in [2.75, 3.05) is 0 Å². The largest absolute Gasteiger partial charge is 0.252 e. The molecule has 1 aromatic heterocycles. The first-order chi connectivity index (χ1) is 23.8. The average Bonchev–Trinajstić information content (AvgIpc) is 3.18. The van der Waals surface area contributed by atoms with Crippen LogP contribution in [0.3, 0.4) is 0 Å². The van der Waals surface area contributed by atoms with Crippen molar-refractivity contribution < 1.29 is 0 Å². The second kappa shape index (κ2) is 11.8. The molecule has 2 heteroatoms. The van der Waals surface area contributed by atoms with E-state index in [4.69, 9.17) is 9.97 Å². The zero-order valence-electron chi connectivity index (χ0n) is 26.2. The molecule has 0 radical (unpaired) electrons. The molecular formula is C46H30N2. The third-order valence-electron chi connectivity index (χ3n) is 9.37. The summed E-state index contributed by atoms with van der Waals surface area (Å²) < 4.78 is 0. The lowest BCUT2D eigenvalue weighted by molar-refractivity contribution is 1.21. The maximum atomic E-state index is 4.80. The standard InChI is InChI=1S/C46H30N2/c1-3-12-31(13-4-1)43-29-33(34-23-25-42-40-20-8-7-18-38(40)39-19-9-10-21-41(39)44(42)30-34)22-24-37(43)35-16-11-17-36(28-35)46-45(47-26-27-48-46)32-14-5-2-6-15-32/h1-30H. The molecule has 0 unspecified atom stereocenters. The highest BCUT2D eigenvalue weighted by molar-refractivity contribution is 6.25. The van der Waals surface area contributed by atoms with E-state index in [1.54, 1.807) is 12.4 Å². The Morgan fingerprint density at radius 2 is 0.729 bits per heavy atom. The van der Waals surface area contributed by atoms with Crippen molar-refractivity contribution in [2.24, 2.45) is 0 Å². The van der Waals surface area contributed by atoms with Gasteiger partial charge in [0.05, 0.1) is 11.4 Å². The van der Waals surface area contributed by atoms with E-state index in [1.165, 1.54) is 60.1 Å². The summed E-state index contributed by atoms with van der Waals surface area (Å²) in [6, 6.07) is 61.0. The van der Waals surface area contributed by atoms with Crippen molar-refractivity contribution >= 4 is 32.3 Å². The average molecular weight is 611 g/mol. The number of nitrogens with zero attached hydrogens (tertiary/aromatic N) is 2. The van der Waals surface area contributed by atoms with Crippen LogP contribution < -0.4 is 0 Å². The van der Waals surface area contributed by atoms with Crippen molar-refractivity contribution in [3.8, 4) is 55.9 Å². The maximum Gasteiger partial charge on any atom is 0.0965 e. The lowest BCUT2D eigenvalue weighted by Crippen LogP contribution is -1.93. The highest BCUT2D eigenvalue weighted by Crippen LogP contribution is 2.40. The van der Waals surface area contributed by atoms with Gasteiger partial charge in [0.2, 0.25) is 0 Å². The lowest BCUT2D eigenvalue weighted by atomic mass is 9.88. The van der Waals surface area contributed by atoms with E-state index in [1.807, 2.05) is 18.2 Å². The fourth-order valence-electron chi connectivity index (χ4n) is 7.11. The van der Waals surface area contributed by atoms with Crippen LogP contribution in [-0.4, -0.2) is 9.97 Å². The molecule has 224 valence electrons. The van der Waals surface area contributed by atoms with Crippen molar-refractivity contribution in [1.29, 1.82) is 0 Å². The van der Waals surface area contributed by atoms with Gasteiger partial charge < -0.3 is 0 Å². The minimum absolute atomic E-state index is 0.874. The van der Waals surface area contributed by atoms with Crippen LogP contribution in [-0.2, 0) is 0 Å². The van der Waals surface area contributed by atoms with E-state index in [0.29, 0.717) is 0 Å². The second-order valence-electron chi connectivity index (χ2n) is 12.2. The summed E-state index contributed by atoms with van der Waals surface area (Å²) in [4.78, 5) is 9.53. The molecule has 0 bridgehead atoms. The highest BCUT2D eigenvalue weighted by atomic mass is 14.8. The Balaban J connectivity index is 1.20. The van der Waals surface area contributed by atoms with Crippen molar-refractivity contribution in [1.82, 2.24) is 9.97 Å². The van der Waals surface area contributed by atoms with Crippen LogP contribution in [0.5, 0.6) is 0 Å². The topological polar surface area (TPSA) is 25.8 Å². The number of fused-ring (bicyclic) bond motifs is 6. The number of benzene rings is 8. The van der Waals surface area contributed by atoms with Crippen LogP contribution in [0.1, 0.15) is 0 Å². The number of rotatable bonds is 5. The minimum Gasteiger partial charge on any atom is -0.252 e. The monoisotopic (exact) mass is 610 g/mol. The van der Waals surface area contributed by atoms with Crippen LogP contribution in [0.2, 0.25) is 0 Å². The first-order valence-corrected chi connectivity index (χ1v) is 16.3. The van der Waals surface area contributed by atoms with Gasteiger partial charge in [-0.15, -0.1) is 0 Å². The van der Waals surface area contributed by atoms with Gasteiger partial charge in [-0.1, -0.05) is 152 Å². The zero-order chi connectivity index (χ0) is 31.9. The van der Waals surface area contributed by atoms with E-state index in [9.17, 15) is 0 Å². The first kappa shape index (κ1) is 27.9. The van der Waals surface area contributed by atoms with Crippen molar-refractivity contribution in [2.45, 2.75) is 0 Å². The predicted octanol–water partition coefficient (Wildman–Crippen LogP) is 12.3. The first-order valence-electron chi connectivity index (χ1n) is 16.3. The summed E-state index contributed by atoms with van der Waals surface area (Å²) in [5, 5.41) is 7.71. The SMILES string of the molecule is c1ccc(-c2cc(-c3ccc4c5ccccc5c5ccccc5c4c3)ccc2-c2cccc(-c3nccnc3-c3ccccc3)c2)cc1. The Morgan fingerprint density at radius 1 is 0.250 bits per heavy atom. The zero-order valence-corrected chi connectivity index (χ0v) is 26.2. The lowest BCUT2D eigenvalue weighted by Gasteiger charge is -2.16. The third kappa shape index (κ3) is 4.83. The molecule has 48 heavy (non-hydrogen) atoms. The normalized spacial score (nSPS) is 11.3. The van der Waals surface area contributed by atoms with Crippen LogP contribution >= 0.6 is 0 Å². The van der Waals surface area contributed by atoms with E-state index >= 15 is 0 Å². The quantitative estimate of drug-likeness (QED) is 0.181. The molecular weight excluding hydrogens is 581 g/mol. The Morgan fingerprint density at radius 3 is 1.40 bits per heavy atom. The summed E-state index contributed by atoms with van der Waals surface area (Å²) in [7, 11) is 0. The second-order valence-corrected chi connectivity index (χ2v) is 12.2. The Hall–Kier alpha value is -6.38. The van der Waals surface area contributed by atoms with Crippen LogP contribution in [0.4, 0.5) is 0 Å². The molecule has 0 saturated heterocycles. The number of hydrogen-bond donors (Lipinski definition) is 0. The van der Waals surface area contributed by atoms with Gasteiger partial charge in [0.15, 0.2) is 0 Å². The van der Waals surface area contributed by atoms with Gasteiger partial charge in [0.1, 0.15) is 0 Å². The molecule has 0 aliphatic rings. The fourth-order valence-corrected chi connectivity index (χ4v) is 7.11. The summed E-state index contributed by atoms with van der Waals surface area (Å²) in [5.74, 6) is 0. The molecule has 0 saturated carbocycles. The van der Waals surface area contributed by atoms with Gasteiger partial charge in [-0.2, -0.15) is 0 Å². The van der Waals surface area contributed by atoms with Gasteiger partial charge in [0, 0.05) is 23.5 Å². The molecule has 9 rings (SSSR count). The molecule has 0 amide bonds. The Kier molecular flexibility index (Phi) is 6.84. The molecule has 8 aromatic carbocycles. The van der Waals surface area contributed by atoms with E-state index in [2.05, 4.69) is 152 Å². The molecule has 0 atom stereocenters. The number of aromatic nitrogens is 2. The Labute approximate surface area is 279 Å². The van der Waals surface area contributed by atoms with Crippen molar-refractivity contribution in [3.05, 3.63) is 182 Å². The summed E-state index contributed by atoms with van der Waals surface area (Å²) in [6.45, 7) is 0. The van der Waals surface area contributed by atoms with E-state index < -0.39 is 0 Å². The third-order valence-corrected chi connectivity index (χ3v) is 9.37. The fraction of sp³-hybridized carbons (Fsp3) is 0. The molecule has 1 heterocycles. The molecule has 0 spiro atoms. The molecule has 0 N–H and O–H groups in total. The highest BCUT2D eigenvalue weighted by Gasteiger charge is 2.15. The maximum absolute atomic E-state index is 4.80. The Bertz CT molecular complexity index is 2570. The van der Waals surface area contributed by atoms with Crippen LogP contribution in [0, 0.1) is 0 Å². The van der Waals surface area contributed by atoms with E-state index in [0.717, 1.165) is 28.1 Å². The minimum atomic E-state index is 0.874. The molecule has 0 aliphatic heterocycles.